The number of H-pyrrole nitrogens is 1. The van der Waals surface area contributed by atoms with Crippen molar-refractivity contribution in [3.8, 4) is 11.1 Å². The molecule has 0 saturated carbocycles. The van der Waals surface area contributed by atoms with Crippen LogP contribution in [0.5, 0.6) is 0 Å². The van der Waals surface area contributed by atoms with E-state index in [9.17, 15) is 9.59 Å². The Labute approximate surface area is 114 Å². The Balaban J connectivity index is 2.27. The van der Waals surface area contributed by atoms with Gasteiger partial charge in [0.1, 0.15) is 0 Å². The number of benzene rings is 1. The van der Waals surface area contributed by atoms with Crippen LogP contribution in [-0.4, -0.2) is 15.8 Å². The summed E-state index contributed by atoms with van der Waals surface area (Å²) < 4.78 is 0. The van der Waals surface area contributed by atoms with Crippen LogP contribution in [0, 0.1) is 6.92 Å². The molecule has 0 atom stereocenters. The number of ketones is 1. The highest BCUT2D eigenvalue weighted by atomic mass is 16.1. The standard InChI is InChI=1S/C16H10N2O2/c1-8-6-10-11(7-17-8)15(19)14-13(10)9-4-2-3-5-12(9)18-16(14)20/h2-7H,1H3,(H,18,20). The predicted octanol–water partition coefficient (Wildman–Crippen LogP) is 2.44. The molecule has 0 bridgehead atoms. The van der Waals surface area contributed by atoms with E-state index in [2.05, 4.69) is 9.97 Å². The van der Waals surface area contributed by atoms with Crippen molar-refractivity contribution in [3.05, 3.63) is 63.7 Å². The van der Waals surface area contributed by atoms with Crippen molar-refractivity contribution in [2.45, 2.75) is 6.92 Å². The monoisotopic (exact) mass is 262 g/mol. The molecule has 1 aliphatic carbocycles. The fourth-order valence-corrected chi connectivity index (χ4v) is 2.82. The van der Waals surface area contributed by atoms with Gasteiger partial charge in [-0.15, -0.1) is 0 Å². The van der Waals surface area contributed by atoms with Crippen LogP contribution in [0.4, 0.5) is 0 Å². The highest BCUT2D eigenvalue weighted by molar-refractivity contribution is 6.25. The molecule has 0 saturated heterocycles. The molecule has 2 aromatic heterocycles. The number of rotatable bonds is 0. The van der Waals surface area contributed by atoms with Crippen LogP contribution < -0.4 is 5.56 Å². The fraction of sp³-hybridized carbons (Fsp3) is 0.0625. The lowest BCUT2D eigenvalue weighted by Crippen LogP contribution is -2.16. The maximum Gasteiger partial charge on any atom is 0.260 e. The number of hydrogen-bond acceptors (Lipinski definition) is 3. The third kappa shape index (κ3) is 1.28. The first-order valence-corrected chi connectivity index (χ1v) is 6.33. The molecule has 4 rings (SSSR count). The average molecular weight is 262 g/mol. The number of aryl methyl sites for hydroxylation is 1. The van der Waals surface area contributed by atoms with Crippen LogP contribution in [0.3, 0.4) is 0 Å². The zero-order valence-corrected chi connectivity index (χ0v) is 10.7. The number of carbonyl (C=O) groups excluding carboxylic acids is 1. The molecule has 1 aliphatic rings. The number of nitrogens with one attached hydrogen (secondary N) is 1. The second-order valence-corrected chi connectivity index (χ2v) is 4.95. The first-order valence-electron chi connectivity index (χ1n) is 6.33. The molecule has 2 heterocycles. The third-order valence-electron chi connectivity index (χ3n) is 3.70. The first kappa shape index (κ1) is 11.1. The zero-order chi connectivity index (χ0) is 13.9. The van der Waals surface area contributed by atoms with Crippen molar-refractivity contribution < 1.29 is 4.79 Å². The normalized spacial score (nSPS) is 12.6. The molecule has 0 spiro atoms. The summed E-state index contributed by atoms with van der Waals surface area (Å²) in [5, 5.41) is 0.889. The van der Waals surface area contributed by atoms with Gasteiger partial charge in [0.25, 0.3) is 5.56 Å². The molecule has 4 heteroatoms. The third-order valence-corrected chi connectivity index (χ3v) is 3.70. The van der Waals surface area contributed by atoms with Gasteiger partial charge in [-0.25, -0.2) is 0 Å². The van der Waals surface area contributed by atoms with Crippen molar-refractivity contribution in [3.63, 3.8) is 0 Å². The molecular formula is C16H10N2O2. The average Bonchev–Trinajstić information content (AvgIpc) is 2.73. The summed E-state index contributed by atoms with van der Waals surface area (Å²) in [6, 6.07) is 9.39. The van der Waals surface area contributed by atoms with Gasteiger partial charge >= 0.3 is 0 Å². The SMILES string of the molecule is Cc1cc2c(cn1)C(=O)c1c-2c2ccccc2[nH]c1=O. The lowest BCUT2D eigenvalue weighted by atomic mass is 10.0. The molecule has 96 valence electrons. The summed E-state index contributed by atoms with van der Waals surface area (Å²) in [5.74, 6) is -0.241. The van der Waals surface area contributed by atoms with Gasteiger partial charge in [0.05, 0.1) is 5.56 Å². The molecule has 0 radical (unpaired) electrons. The van der Waals surface area contributed by atoms with Crippen LogP contribution in [0.1, 0.15) is 21.6 Å². The van der Waals surface area contributed by atoms with Gasteiger partial charge in [0.2, 0.25) is 5.78 Å². The second kappa shape index (κ2) is 3.63. The van der Waals surface area contributed by atoms with E-state index in [0.717, 1.165) is 27.7 Å². The Kier molecular flexibility index (Phi) is 2.02. The summed E-state index contributed by atoms with van der Waals surface area (Å²) in [5.41, 5.74) is 3.51. The second-order valence-electron chi connectivity index (χ2n) is 4.95. The number of para-hydroxylation sites is 1. The summed E-state index contributed by atoms with van der Waals surface area (Å²) in [4.78, 5) is 31.5. The van der Waals surface area contributed by atoms with E-state index >= 15 is 0 Å². The Bertz CT molecular complexity index is 954. The van der Waals surface area contributed by atoms with Crippen molar-refractivity contribution in [2.75, 3.05) is 0 Å². The maximum atomic E-state index is 12.4. The quantitative estimate of drug-likeness (QED) is 0.529. The van der Waals surface area contributed by atoms with Crippen LogP contribution >= 0.6 is 0 Å². The van der Waals surface area contributed by atoms with Gasteiger partial charge < -0.3 is 4.98 Å². The number of aromatic nitrogens is 2. The molecule has 0 amide bonds. The Morgan fingerprint density at radius 1 is 1.05 bits per heavy atom. The van der Waals surface area contributed by atoms with E-state index in [-0.39, 0.29) is 16.9 Å². The molecule has 0 fully saturated rings. The van der Waals surface area contributed by atoms with E-state index in [1.807, 2.05) is 37.3 Å². The maximum absolute atomic E-state index is 12.4. The van der Waals surface area contributed by atoms with E-state index in [1.165, 1.54) is 0 Å². The number of pyridine rings is 2. The predicted molar refractivity (Wildman–Crippen MR) is 76.0 cm³/mol. The van der Waals surface area contributed by atoms with E-state index in [1.54, 1.807) is 6.20 Å². The molecule has 3 aromatic rings. The molecule has 1 aromatic carbocycles. The highest BCUT2D eigenvalue weighted by Crippen LogP contribution is 2.38. The van der Waals surface area contributed by atoms with Gasteiger partial charge in [-0.3, -0.25) is 14.6 Å². The van der Waals surface area contributed by atoms with Crippen molar-refractivity contribution in [2.24, 2.45) is 0 Å². The highest BCUT2D eigenvalue weighted by Gasteiger charge is 2.31. The van der Waals surface area contributed by atoms with Crippen LogP contribution in [0.2, 0.25) is 0 Å². The molecule has 4 nitrogen and oxygen atoms in total. The summed E-state index contributed by atoms with van der Waals surface area (Å²) in [7, 11) is 0. The Morgan fingerprint density at radius 2 is 1.85 bits per heavy atom. The topological polar surface area (TPSA) is 62.8 Å². The minimum absolute atomic E-state index is 0.228. The molecule has 0 aliphatic heterocycles. The lowest BCUT2D eigenvalue weighted by Gasteiger charge is -2.05. The number of aromatic amines is 1. The minimum atomic E-state index is -0.336. The van der Waals surface area contributed by atoms with E-state index in [0.29, 0.717) is 5.56 Å². The zero-order valence-electron chi connectivity index (χ0n) is 10.7. The first-order chi connectivity index (χ1) is 9.66. The van der Waals surface area contributed by atoms with Crippen LogP contribution in [-0.2, 0) is 0 Å². The van der Waals surface area contributed by atoms with Crippen molar-refractivity contribution in [1.82, 2.24) is 9.97 Å². The van der Waals surface area contributed by atoms with Crippen molar-refractivity contribution in [1.29, 1.82) is 0 Å². The molecule has 0 unspecified atom stereocenters. The van der Waals surface area contributed by atoms with Crippen molar-refractivity contribution >= 4 is 16.7 Å². The minimum Gasteiger partial charge on any atom is -0.321 e. The molecule has 20 heavy (non-hydrogen) atoms. The Morgan fingerprint density at radius 3 is 2.70 bits per heavy atom. The summed E-state index contributed by atoms with van der Waals surface area (Å²) >= 11 is 0. The van der Waals surface area contributed by atoms with Gasteiger partial charge in [0.15, 0.2) is 0 Å². The van der Waals surface area contributed by atoms with Crippen LogP contribution in [0.25, 0.3) is 22.0 Å². The number of hydrogen-bond donors (Lipinski definition) is 1. The van der Waals surface area contributed by atoms with Gasteiger partial charge in [0, 0.05) is 33.9 Å². The lowest BCUT2D eigenvalue weighted by molar-refractivity contribution is 0.104. The molecule has 1 N–H and O–H groups in total. The smallest absolute Gasteiger partial charge is 0.260 e. The van der Waals surface area contributed by atoms with Gasteiger partial charge in [-0.1, -0.05) is 18.2 Å². The van der Waals surface area contributed by atoms with Gasteiger partial charge in [-0.05, 0) is 24.6 Å². The number of fused-ring (bicyclic) bond motifs is 5. The Hall–Kier alpha value is -2.75. The number of nitrogens with zero attached hydrogens (tertiary/aromatic N) is 1. The van der Waals surface area contributed by atoms with E-state index in [4.69, 9.17) is 0 Å². The van der Waals surface area contributed by atoms with Crippen LogP contribution in [0.15, 0.2) is 41.3 Å². The largest absolute Gasteiger partial charge is 0.321 e. The van der Waals surface area contributed by atoms with E-state index < -0.39 is 0 Å². The number of carbonyl (C=O) groups is 1. The summed E-state index contributed by atoms with van der Waals surface area (Å²) in [6.07, 6.45) is 1.56. The van der Waals surface area contributed by atoms with Gasteiger partial charge in [-0.2, -0.15) is 0 Å². The summed E-state index contributed by atoms with van der Waals surface area (Å²) in [6.45, 7) is 1.87. The fourth-order valence-electron chi connectivity index (χ4n) is 2.82. The molecular weight excluding hydrogens is 252 g/mol.